The van der Waals surface area contributed by atoms with Crippen molar-refractivity contribution >= 4 is 17.7 Å². The fourth-order valence-corrected chi connectivity index (χ4v) is 2.32. The van der Waals surface area contributed by atoms with Gasteiger partial charge >= 0.3 is 5.97 Å². The highest BCUT2D eigenvalue weighted by Gasteiger charge is 2.20. The molecular formula is C19H18FNO4. The topological polar surface area (TPSA) is 83.5 Å². The zero-order chi connectivity index (χ0) is 18.2. The number of ketones is 1. The molecule has 0 unspecified atom stereocenters. The van der Waals surface area contributed by atoms with Crippen molar-refractivity contribution in [3.8, 4) is 0 Å². The van der Waals surface area contributed by atoms with Crippen LogP contribution in [0.5, 0.6) is 0 Å². The molecule has 0 fully saturated rings. The lowest BCUT2D eigenvalue weighted by atomic mass is 10.0. The van der Waals surface area contributed by atoms with Crippen LogP contribution >= 0.6 is 0 Å². The minimum atomic E-state index is -1.14. The Balaban J connectivity index is 1.87. The number of halogens is 1. The molecule has 0 spiro atoms. The first-order chi connectivity index (χ1) is 12.0. The van der Waals surface area contributed by atoms with Crippen LogP contribution in [0, 0.1) is 5.82 Å². The molecule has 2 aromatic rings. The molecule has 0 heterocycles. The molecule has 6 heteroatoms. The fraction of sp³-hybridized carbons (Fsp3) is 0.211. The van der Waals surface area contributed by atoms with E-state index in [4.69, 9.17) is 0 Å². The number of carboxylic acids is 1. The normalized spacial score (nSPS) is 11.6. The molecule has 0 aliphatic rings. The fourth-order valence-electron chi connectivity index (χ4n) is 2.32. The monoisotopic (exact) mass is 343 g/mol. The summed E-state index contributed by atoms with van der Waals surface area (Å²) in [7, 11) is 0. The molecule has 1 amide bonds. The Kier molecular flexibility index (Phi) is 6.39. The minimum Gasteiger partial charge on any atom is -0.480 e. The van der Waals surface area contributed by atoms with Gasteiger partial charge < -0.3 is 10.4 Å². The number of carboxylic acid groups (broad SMARTS) is 1. The van der Waals surface area contributed by atoms with Crippen molar-refractivity contribution in [3.05, 3.63) is 71.5 Å². The summed E-state index contributed by atoms with van der Waals surface area (Å²) in [4.78, 5) is 35.2. The summed E-state index contributed by atoms with van der Waals surface area (Å²) in [6.07, 6.45) is -0.0439. The number of benzene rings is 2. The van der Waals surface area contributed by atoms with Crippen molar-refractivity contribution < 1.29 is 23.9 Å². The molecular weight excluding hydrogens is 325 g/mol. The second kappa shape index (κ2) is 8.73. The smallest absolute Gasteiger partial charge is 0.326 e. The summed E-state index contributed by atoms with van der Waals surface area (Å²) in [6, 6.07) is 12.9. The third-order valence-corrected chi connectivity index (χ3v) is 3.66. The zero-order valence-electron chi connectivity index (χ0n) is 13.4. The molecule has 2 rings (SSSR count). The molecule has 130 valence electrons. The van der Waals surface area contributed by atoms with Crippen LogP contribution in [-0.4, -0.2) is 28.8 Å². The van der Waals surface area contributed by atoms with Gasteiger partial charge in [-0.25, -0.2) is 9.18 Å². The highest BCUT2D eigenvalue weighted by molar-refractivity contribution is 5.98. The van der Waals surface area contributed by atoms with E-state index >= 15 is 0 Å². The highest BCUT2D eigenvalue weighted by Crippen LogP contribution is 2.08. The van der Waals surface area contributed by atoms with Crippen molar-refractivity contribution in [3.63, 3.8) is 0 Å². The summed E-state index contributed by atoms with van der Waals surface area (Å²) in [5.74, 6) is -2.40. The molecule has 2 N–H and O–H groups in total. The first-order valence-corrected chi connectivity index (χ1v) is 7.80. The van der Waals surface area contributed by atoms with Crippen LogP contribution in [0.2, 0.25) is 0 Å². The molecule has 25 heavy (non-hydrogen) atoms. The van der Waals surface area contributed by atoms with Crippen molar-refractivity contribution in [1.82, 2.24) is 5.32 Å². The Hall–Kier alpha value is -3.02. The van der Waals surface area contributed by atoms with E-state index < -0.39 is 23.7 Å². The number of amides is 1. The summed E-state index contributed by atoms with van der Waals surface area (Å²) < 4.78 is 12.8. The first kappa shape index (κ1) is 18.3. The number of rotatable bonds is 8. The Morgan fingerprint density at radius 3 is 2.20 bits per heavy atom. The van der Waals surface area contributed by atoms with E-state index in [1.165, 1.54) is 24.3 Å². The molecule has 1 atom stereocenters. The predicted octanol–water partition coefficient (Wildman–Crippen LogP) is 2.60. The van der Waals surface area contributed by atoms with E-state index in [1.54, 1.807) is 24.3 Å². The summed E-state index contributed by atoms with van der Waals surface area (Å²) in [6.45, 7) is 0. The van der Waals surface area contributed by atoms with Crippen LogP contribution in [0.1, 0.15) is 28.8 Å². The van der Waals surface area contributed by atoms with Gasteiger partial charge in [-0.15, -0.1) is 0 Å². The third kappa shape index (κ3) is 5.84. The van der Waals surface area contributed by atoms with Gasteiger partial charge in [-0.2, -0.15) is 0 Å². The molecule has 0 aromatic heterocycles. The SMILES string of the molecule is O=C(CCC(=O)c1ccc(F)cc1)N[C@@H](Cc1ccccc1)C(=O)O. The van der Waals surface area contributed by atoms with E-state index in [1.807, 2.05) is 6.07 Å². The average Bonchev–Trinajstić information content (AvgIpc) is 2.60. The van der Waals surface area contributed by atoms with Gasteiger partial charge in [0, 0.05) is 24.8 Å². The Labute approximate surface area is 144 Å². The van der Waals surface area contributed by atoms with Gasteiger partial charge in [0.25, 0.3) is 0 Å². The quantitative estimate of drug-likeness (QED) is 0.722. The molecule has 0 aliphatic carbocycles. The third-order valence-electron chi connectivity index (χ3n) is 3.66. The van der Waals surface area contributed by atoms with E-state index in [9.17, 15) is 23.9 Å². The molecule has 0 saturated heterocycles. The van der Waals surface area contributed by atoms with E-state index in [0.717, 1.165) is 5.56 Å². The van der Waals surface area contributed by atoms with Gasteiger partial charge in [0.1, 0.15) is 11.9 Å². The first-order valence-electron chi connectivity index (χ1n) is 7.80. The molecule has 5 nitrogen and oxygen atoms in total. The number of Topliss-reactive ketones (excluding diaryl/α,β-unsaturated/α-hetero) is 1. The van der Waals surface area contributed by atoms with Crippen LogP contribution < -0.4 is 5.32 Å². The number of carbonyl (C=O) groups excluding carboxylic acids is 2. The summed E-state index contributed by atoms with van der Waals surface area (Å²) >= 11 is 0. The maximum Gasteiger partial charge on any atom is 0.326 e. The molecule has 0 aliphatic heterocycles. The number of carbonyl (C=O) groups is 3. The van der Waals surface area contributed by atoms with Crippen molar-refractivity contribution in [2.45, 2.75) is 25.3 Å². The number of hydrogen-bond acceptors (Lipinski definition) is 3. The lowest BCUT2D eigenvalue weighted by molar-refractivity contribution is -0.141. The summed E-state index contributed by atoms with van der Waals surface area (Å²) in [5, 5.41) is 11.7. The number of hydrogen-bond donors (Lipinski definition) is 2. The minimum absolute atomic E-state index is 0.0743. The van der Waals surface area contributed by atoms with Gasteiger partial charge in [0.15, 0.2) is 5.78 Å². The maximum atomic E-state index is 12.8. The molecule has 0 bridgehead atoms. The van der Waals surface area contributed by atoms with Crippen molar-refractivity contribution in [2.75, 3.05) is 0 Å². The van der Waals surface area contributed by atoms with Gasteiger partial charge in [0.05, 0.1) is 0 Å². The van der Waals surface area contributed by atoms with E-state index in [2.05, 4.69) is 5.32 Å². The van der Waals surface area contributed by atoms with Gasteiger partial charge in [-0.1, -0.05) is 30.3 Å². The number of aliphatic carboxylic acids is 1. The Morgan fingerprint density at radius 2 is 1.60 bits per heavy atom. The number of nitrogens with one attached hydrogen (secondary N) is 1. The zero-order valence-corrected chi connectivity index (χ0v) is 13.4. The van der Waals surface area contributed by atoms with Gasteiger partial charge in [-0.3, -0.25) is 9.59 Å². The predicted molar refractivity (Wildman–Crippen MR) is 89.7 cm³/mol. The van der Waals surface area contributed by atoms with Gasteiger partial charge in [-0.05, 0) is 29.8 Å². The Morgan fingerprint density at radius 1 is 0.960 bits per heavy atom. The second-order valence-corrected chi connectivity index (χ2v) is 5.58. The lowest BCUT2D eigenvalue weighted by Crippen LogP contribution is -2.42. The second-order valence-electron chi connectivity index (χ2n) is 5.58. The Bertz CT molecular complexity index is 744. The van der Waals surface area contributed by atoms with Crippen LogP contribution in [0.4, 0.5) is 4.39 Å². The molecule has 0 saturated carbocycles. The van der Waals surface area contributed by atoms with Gasteiger partial charge in [0.2, 0.25) is 5.91 Å². The highest BCUT2D eigenvalue weighted by atomic mass is 19.1. The van der Waals surface area contributed by atoms with Crippen LogP contribution in [0.15, 0.2) is 54.6 Å². The van der Waals surface area contributed by atoms with E-state index in [0.29, 0.717) is 5.56 Å². The van der Waals surface area contributed by atoms with Crippen molar-refractivity contribution in [1.29, 1.82) is 0 Å². The molecule has 0 radical (unpaired) electrons. The lowest BCUT2D eigenvalue weighted by Gasteiger charge is -2.14. The average molecular weight is 343 g/mol. The standard InChI is InChI=1S/C19H18FNO4/c20-15-8-6-14(7-9-15)17(22)10-11-18(23)21-16(19(24)25)12-13-4-2-1-3-5-13/h1-9,16H,10-12H2,(H,21,23)(H,24,25)/t16-/m0/s1. The van der Waals surface area contributed by atoms with Crippen LogP contribution in [0.25, 0.3) is 0 Å². The largest absolute Gasteiger partial charge is 0.480 e. The molecule has 2 aromatic carbocycles. The maximum absolute atomic E-state index is 12.8. The van der Waals surface area contributed by atoms with Crippen LogP contribution in [0.3, 0.4) is 0 Å². The van der Waals surface area contributed by atoms with Crippen LogP contribution in [-0.2, 0) is 16.0 Å². The van der Waals surface area contributed by atoms with E-state index in [-0.39, 0.29) is 25.0 Å². The van der Waals surface area contributed by atoms with Crippen molar-refractivity contribution in [2.24, 2.45) is 0 Å². The summed E-state index contributed by atoms with van der Waals surface area (Å²) in [5.41, 5.74) is 1.10.